The summed E-state index contributed by atoms with van der Waals surface area (Å²) >= 11 is 12.3. The van der Waals surface area contributed by atoms with Gasteiger partial charge in [-0.25, -0.2) is 0 Å². The molecule has 1 N–H and O–H groups in total. The van der Waals surface area contributed by atoms with Crippen molar-refractivity contribution in [2.75, 3.05) is 13.1 Å². The van der Waals surface area contributed by atoms with Gasteiger partial charge in [-0.05, 0) is 43.0 Å². The van der Waals surface area contributed by atoms with E-state index in [4.69, 9.17) is 27.9 Å². The van der Waals surface area contributed by atoms with Gasteiger partial charge in [0.15, 0.2) is 0 Å². The van der Waals surface area contributed by atoms with E-state index < -0.39 is 0 Å². The van der Waals surface area contributed by atoms with Gasteiger partial charge in [0.05, 0.1) is 22.3 Å². The van der Waals surface area contributed by atoms with E-state index in [-0.39, 0.29) is 10.8 Å². The quantitative estimate of drug-likeness (QED) is 0.848. The third-order valence-corrected chi connectivity index (χ3v) is 6.55. The molecule has 0 aromatic heterocycles. The third kappa shape index (κ3) is 1.92. The highest BCUT2D eigenvalue weighted by atomic mass is 35.5. The number of rotatable bonds is 3. The Kier molecular flexibility index (Phi) is 3.14. The first-order valence-corrected chi connectivity index (χ1v) is 8.57. The summed E-state index contributed by atoms with van der Waals surface area (Å²) in [7, 11) is 0. The molecule has 114 valence electrons. The zero-order chi connectivity index (χ0) is 14.8. The van der Waals surface area contributed by atoms with Crippen LogP contribution in [0.2, 0.25) is 10.0 Å². The molecular weight excluding hydrogens is 305 g/mol. The zero-order valence-electron chi connectivity index (χ0n) is 12.5. The Balaban J connectivity index is 1.68. The van der Waals surface area contributed by atoms with E-state index in [1.54, 1.807) is 0 Å². The fourth-order valence-electron chi connectivity index (χ4n) is 4.55. The van der Waals surface area contributed by atoms with Gasteiger partial charge in [0.2, 0.25) is 0 Å². The number of ether oxygens (including phenoxy) is 1. The molecule has 0 amide bonds. The number of epoxide rings is 1. The number of hydrogen-bond acceptors (Lipinski definition) is 2. The standard InChI is InChI=1S/C17H21Cl2NO/c1-10(2)14-15(21-14)17-8-16(17,5-6-20-9-17)11-3-4-12(18)13(19)7-11/h3-4,7,10,14-15,20H,5-6,8-9H2,1-2H3. The van der Waals surface area contributed by atoms with Gasteiger partial charge in [0.1, 0.15) is 0 Å². The van der Waals surface area contributed by atoms with Crippen molar-refractivity contribution in [3.63, 3.8) is 0 Å². The minimum atomic E-state index is 0.237. The SMILES string of the molecule is CC(C)C1OC1C12CNCCC1(c1ccc(Cl)c(Cl)c1)C2. The van der Waals surface area contributed by atoms with Gasteiger partial charge in [-0.2, -0.15) is 0 Å². The summed E-state index contributed by atoms with van der Waals surface area (Å²) in [5.41, 5.74) is 1.84. The summed E-state index contributed by atoms with van der Waals surface area (Å²) in [5, 5.41) is 4.88. The highest BCUT2D eigenvalue weighted by Crippen LogP contribution is 2.73. The predicted octanol–water partition coefficient (Wildman–Crippen LogP) is 4.04. The predicted molar refractivity (Wildman–Crippen MR) is 86.2 cm³/mol. The minimum absolute atomic E-state index is 0.237. The van der Waals surface area contributed by atoms with E-state index in [1.807, 2.05) is 6.07 Å². The topological polar surface area (TPSA) is 24.6 Å². The summed E-state index contributed by atoms with van der Waals surface area (Å²) in [4.78, 5) is 0. The van der Waals surface area contributed by atoms with E-state index in [0.29, 0.717) is 28.2 Å². The van der Waals surface area contributed by atoms with Crippen LogP contribution in [-0.4, -0.2) is 25.3 Å². The van der Waals surface area contributed by atoms with E-state index in [9.17, 15) is 0 Å². The lowest BCUT2D eigenvalue weighted by molar-refractivity contribution is 0.236. The molecule has 2 heterocycles. The van der Waals surface area contributed by atoms with Gasteiger partial charge < -0.3 is 10.1 Å². The first-order valence-electron chi connectivity index (χ1n) is 7.82. The fourth-order valence-corrected chi connectivity index (χ4v) is 4.85. The van der Waals surface area contributed by atoms with Gasteiger partial charge >= 0.3 is 0 Å². The highest BCUT2D eigenvalue weighted by Gasteiger charge is 2.77. The van der Waals surface area contributed by atoms with Gasteiger partial charge in [-0.3, -0.25) is 0 Å². The van der Waals surface area contributed by atoms with Crippen LogP contribution in [0, 0.1) is 11.3 Å². The molecular formula is C17H21Cl2NO. The minimum Gasteiger partial charge on any atom is -0.369 e. The lowest BCUT2D eigenvalue weighted by atomic mass is 9.78. The second-order valence-corrected chi connectivity index (χ2v) is 8.05. The number of benzene rings is 1. The van der Waals surface area contributed by atoms with Crippen molar-refractivity contribution < 1.29 is 4.74 Å². The van der Waals surface area contributed by atoms with E-state index in [2.05, 4.69) is 31.3 Å². The van der Waals surface area contributed by atoms with Crippen LogP contribution >= 0.6 is 23.2 Å². The summed E-state index contributed by atoms with van der Waals surface area (Å²) in [6.45, 7) is 6.63. The highest BCUT2D eigenvalue weighted by molar-refractivity contribution is 6.42. The third-order valence-electron chi connectivity index (χ3n) is 5.81. The second kappa shape index (κ2) is 4.61. The van der Waals surface area contributed by atoms with E-state index >= 15 is 0 Å². The number of piperidine rings is 1. The first kappa shape index (κ1) is 14.3. The molecule has 2 nitrogen and oxygen atoms in total. The molecule has 2 aliphatic heterocycles. The van der Waals surface area contributed by atoms with Crippen molar-refractivity contribution in [3.8, 4) is 0 Å². The van der Waals surface area contributed by atoms with Crippen LogP contribution in [0.1, 0.15) is 32.3 Å². The molecule has 0 bridgehead atoms. The van der Waals surface area contributed by atoms with Crippen LogP contribution in [0.5, 0.6) is 0 Å². The molecule has 21 heavy (non-hydrogen) atoms. The van der Waals surface area contributed by atoms with Gasteiger partial charge in [-0.15, -0.1) is 0 Å². The maximum absolute atomic E-state index is 6.25. The Morgan fingerprint density at radius 3 is 2.76 bits per heavy atom. The van der Waals surface area contributed by atoms with Gasteiger partial charge in [0.25, 0.3) is 0 Å². The van der Waals surface area contributed by atoms with Crippen molar-refractivity contribution in [2.45, 2.75) is 44.3 Å². The molecule has 4 unspecified atom stereocenters. The van der Waals surface area contributed by atoms with Crippen molar-refractivity contribution in [1.82, 2.24) is 5.32 Å². The second-order valence-electron chi connectivity index (χ2n) is 7.24. The Bertz CT molecular complexity index is 590. The largest absolute Gasteiger partial charge is 0.369 e. The normalized spacial score (nSPS) is 41.0. The maximum atomic E-state index is 6.25. The van der Waals surface area contributed by atoms with Crippen LogP contribution < -0.4 is 5.32 Å². The molecule has 1 aromatic rings. The molecule has 4 heteroatoms. The molecule has 3 fully saturated rings. The summed E-state index contributed by atoms with van der Waals surface area (Å²) in [6.07, 6.45) is 3.20. The molecule has 0 radical (unpaired) electrons. The van der Waals surface area contributed by atoms with Crippen LogP contribution in [0.3, 0.4) is 0 Å². The van der Waals surface area contributed by atoms with E-state index in [0.717, 1.165) is 19.5 Å². The summed E-state index contributed by atoms with van der Waals surface area (Å²) in [6, 6.07) is 6.17. The average molecular weight is 326 g/mol. The number of fused-ring (bicyclic) bond motifs is 1. The van der Waals surface area contributed by atoms with Crippen LogP contribution in [0.15, 0.2) is 18.2 Å². The first-order chi connectivity index (χ1) is 10.0. The van der Waals surface area contributed by atoms with Crippen LogP contribution in [0.25, 0.3) is 0 Å². The Labute approximate surface area is 136 Å². The smallest absolute Gasteiger partial charge is 0.0921 e. The molecule has 4 rings (SSSR count). The van der Waals surface area contributed by atoms with Crippen LogP contribution in [0.4, 0.5) is 0 Å². The molecule has 3 aliphatic rings. The number of nitrogens with one attached hydrogen (secondary N) is 1. The molecule has 1 aromatic carbocycles. The molecule has 0 spiro atoms. The number of halogens is 2. The Morgan fingerprint density at radius 2 is 2.10 bits per heavy atom. The Hall–Kier alpha value is -0.280. The summed E-state index contributed by atoms with van der Waals surface area (Å²) in [5.74, 6) is 0.596. The molecule has 1 aliphatic carbocycles. The monoisotopic (exact) mass is 325 g/mol. The zero-order valence-corrected chi connectivity index (χ0v) is 14.0. The van der Waals surface area contributed by atoms with Crippen molar-refractivity contribution in [1.29, 1.82) is 0 Å². The maximum Gasteiger partial charge on any atom is 0.0921 e. The van der Waals surface area contributed by atoms with Crippen molar-refractivity contribution >= 4 is 23.2 Å². The molecule has 4 atom stereocenters. The Morgan fingerprint density at radius 1 is 1.29 bits per heavy atom. The van der Waals surface area contributed by atoms with Gasteiger partial charge in [-0.1, -0.05) is 43.1 Å². The van der Waals surface area contributed by atoms with Crippen LogP contribution in [-0.2, 0) is 10.2 Å². The van der Waals surface area contributed by atoms with Crippen molar-refractivity contribution in [3.05, 3.63) is 33.8 Å². The molecule has 1 saturated carbocycles. The van der Waals surface area contributed by atoms with E-state index in [1.165, 1.54) is 12.0 Å². The van der Waals surface area contributed by atoms with Gasteiger partial charge in [0, 0.05) is 17.4 Å². The molecule has 2 saturated heterocycles. The number of hydrogen-bond donors (Lipinski definition) is 1. The fraction of sp³-hybridized carbons (Fsp3) is 0.647. The lowest BCUT2D eigenvalue weighted by Gasteiger charge is -2.31. The average Bonchev–Trinajstić information content (AvgIpc) is 3.33. The summed E-state index contributed by atoms with van der Waals surface area (Å²) < 4.78 is 6.06. The lowest BCUT2D eigenvalue weighted by Crippen LogP contribution is -2.42. The van der Waals surface area contributed by atoms with Crippen molar-refractivity contribution in [2.24, 2.45) is 11.3 Å².